The van der Waals surface area contributed by atoms with Crippen molar-refractivity contribution in [3.8, 4) is 5.69 Å². The Morgan fingerprint density at radius 1 is 0.861 bits per heavy atom. The fourth-order valence-corrected chi connectivity index (χ4v) is 11.6. The molecule has 0 saturated heterocycles. The second-order valence-corrected chi connectivity index (χ2v) is 16.3. The molecule has 0 N–H and O–H groups in total. The summed E-state index contributed by atoms with van der Waals surface area (Å²) < 4.78 is 36.6. The van der Waals surface area contributed by atoms with E-state index in [0.717, 1.165) is 42.6 Å². The Morgan fingerprint density at radius 2 is 1.69 bits per heavy atom. The predicted octanol–water partition coefficient (Wildman–Crippen LogP) is 4.63. The third-order valence-corrected chi connectivity index (χ3v) is 13.4. The molecule has 8 rings (SSSR count). The molecule has 0 radical (unpaired) electrons. The van der Waals surface area contributed by atoms with Gasteiger partial charge in [0, 0.05) is 26.6 Å². The molecule has 0 fully saturated rings. The van der Waals surface area contributed by atoms with Crippen molar-refractivity contribution in [1.82, 2.24) is 4.57 Å². The van der Waals surface area contributed by atoms with Crippen molar-refractivity contribution in [1.29, 1.82) is 0 Å². The average molecular weight is 502 g/mol. The van der Waals surface area contributed by atoms with Gasteiger partial charge in [-0.3, -0.25) is 0 Å². The molecule has 174 valence electrons. The standard InChI is InChI=1S/C32H28BNSSi/c1-36(2)30-16-8-5-12-25(30)33-24-19-18-21(20-29(24)35-28-15-9-17-31(36)32(28)33)34-26-13-6-3-10-22(26)23-11-4-7-14-27(23)34/h3,5-6,8-10,12-13,15-20H,4,7,11,14H2,1-2H3/i3D,6D,10D,13D. The van der Waals surface area contributed by atoms with E-state index in [1.807, 2.05) is 11.8 Å². The zero-order valence-electron chi connectivity index (χ0n) is 24.5. The van der Waals surface area contributed by atoms with Crippen LogP contribution < -0.4 is 26.8 Å². The maximum atomic E-state index is 8.88. The maximum absolute atomic E-state index is 8.88. The van der Waals surface area contributed by atoms with Crippen LogP contribution in [0.5, 0.6) is 0 Å². The summed E-state index contributed by atoms with van der Waals surface area (Å²) in [6.07, 6.45) is 3.86. The van der Waals surface area contributed by atoms with Crippen LogP contribution in [-0.4, -0.2) is 19.4 Å². The Bertz CT molecular complexity index is 1930. The fourth-order valence-electron chi connectivity index (χ4n) is 7.04. The molecule has 3 heterocycles. The lowest BCUT2D eigenvalue weighted by molar-refractivity contribution is 0.666. The van der Waals surface area contributed by atoms with Gasteiger partial charge < -0.3 is 4.57 Å². The molecule has 36 heavy (non-hydrogen) atoms. The van der Waals surface area contributed by atoms with E-state index in [9.17, 15) is 0 Å². The van der Waals surface area contributed by atoms with Crippen LogP contribution >= 0.6 is 11.8 Å². The van der Waals surface area contributed by atoms with Crippen LogP contribution in [0, 0.1) is 0 Å². The van der Waals surface area contributed by atoms with Crippen molar-refractivity contribution in [2.45, 2.75) is 48.6 Å². The largest absolute Gasteiger partial charge is 0.313 e. The van der Waals surface area contributed by atoms with Crippen LogP contribution in [0.3, 0.4) is 0 Å². The molecule has 4 heteroatoms. The minimum Gasteiger partial charge on any atom is -0.313 e. The lowest BCUT2D eigenvalue weighted by Gasteiger charge is -2.40. The molecule has 4 aromatic carbocycles. The fraction of sp³-hybridized carbons (Fsp3) is 0.188. The van der Waals surface area contributed by atoms with E-state index in [1.165, 1.54) is 36.6 Å². The molecular formula is C32H28BNSSi. The van der Waals surface area contributed by atoms with Crippen molar-refractivity contribution in [2.24, 2.45) is 0 Å². The number of hydrogen-bond donors (Lipinski definition) is 0. The summed E-state index contributed by atoms with van der Waals surface area (Å²) in [6, 6.07) is 22.5. The van der Waals surface area contributed by atoms with Crippen molar-refractivity contribution in [3.63, 3.8) is 0 Å². The summed E-state index contributed by atoms with van der Waals surface area (Å²) in [7, 11) is -1.82. The third kappa shape index (κ3) is 2.75. The Labute approximate surface area is 224 Å². The van der Waals surface area contributed by atoms with Gasteiger partial charge in [-0.2, -0.15) is 0 Å². The molecular weight excluding hydrogens is 469 g/mol. The number of aryl methyl sites for hydroxylation is 1. The van der Waals surface area contributed by atoms with Crippen LogP contribution in [0.1, 0.15) is 29.6 Å². The van der Waals surface area contributed by atoms with Gasteiger partial charge in [-0.1, -0.05) is 112 Å². The Kier molecular flexibility index (Phi) is 3.66. The van der Waals surface area contributed by atoms with Gasteiger partial charge in [0.2, 0.25) is 6.71 Å². The quantitative estimate of drug-likeness (QED) is 0.298. The van der Waals surface area contributed by atoms with Crippen LogP contribution in [0.25, 0.3) is 16.6 Å². The van der Waals surface area contributed by atoms with Gasteiger partial charge in [0.1, 0.15) is 8.07 Å². The molecule has 5 aromatic rings. The highest BCUT2D eigenvalue weighted by molar-refractivity contribution is 8.00. The molecule has 1 nitrogen and oxygen atoms in total. The van der Waals surface area contributed by atoms with E-state index in [4.69, 9.17) is 5.48 Å². The Morgan fingerprint density at radius 3 is 2.64 bits per heavy atom. The summed E-state index contributed by atoms with van der Waals surface area (Å²) in [6.45, 7) is 5.16. The summed E-state index contributed by atoms with van der Waals surface area (Å²) in [4.78, 5) is 2.57. The smallest absolute Gasteiger partial charge is 0.243 e. The molecule has 0 saturated carbocycles. The van der Waals surface area contributed by atoms with Gasteiger partial charge in [0.25, 0.3) is 0 Å². The number of rotatable bonds is 1. The van der Waals surface area contributed by atoms with E-state index in [-0.39, 0.29) is 30.9 Å². The minimum atomic E-state index is -1.82. The van der Waals surface area contributed by atoms with Gasteiger partial charge in [-0.15, -0.1) is 0 Å². The first-order valence-corrected chi connectivity index (χ1v) is 16.8. The highest BCUT2D eigenvalue weighted by Gasteiger charge is 2.44. The van der Waals surface area contributed by atoms with E-state index >= 15 is 0 Å². The maximum Gasteiger partial charge on any atom is 0.243 e. The third-order valence-electron chi connectivity index (χ3n) is 8.66. The van der Waals surface area contributed by atoms with Gasteiger partial charge in [-0.25, -0.2) is 0 Å². The lowest BCUT2D eigenvalue weighted by atomic mass is 9.36. The lowest BCUT2D eigenvalue weighted by Crippen LogP contribution is -2.77. The minimum absolute atomic E-state index is 0.0548. The molecule has 0 amide bonds. The molecule has 0 atom stereocenters. The summed E-state index contributed by atoms with van der Waals surface area (Å²) in [5, 5.41) is 3.76. The number of aromatic nitrogens is 1. The van der Waals surface area contributed by atoms with Crippen molar-refractivity contribution in [3.05, 3.63) is 96.1 Å². The zero-order valence-corrected chi connectivity index (χ0v) is 22.4. The molecule has 3 aliphatic rings. The van der Waals surface area contributed by atoms with Gasteiger partial charge in [0.05, 0.1) is 11.0 Å². The normalized spacial score (nSPS) is 18.3. The SMILES string of the molecule is [2H]c1c([2H])c([2H])c2c(c1[2H])c1c(n2-c2ccc3c(c2)Sc2cccc4c2B3c2ccccc2[Si]4(C)C)CCCC1. The molecule has 0 bridgehead atoms. The highest BCUT2D eigenvalue weighted by atomic mass is 32.2. The van der Waals surface area contributed by atoms with E-state index in [2.05, 4.69) is 78.3 Å². The van der Waals surface area contributed by atoms with Crippen LogP contribution in [-0.2, 0) is 12.8 Å². The second-order valence-electron chi connectivity index (χ2n) is 10.9. The van der Waals surface area contributed by atoms with E-state index in [1.54, 1.807) is 0 Å². The predicted molar refractivity (Wildman–Crippen MR) is 158 cm³/mol. The van der Waals surface area contributed by atoms with E-state index in [0.29, 0.717) is 10.9 Å². The zero-order chi connectivity index (χ0) is 27.5. The number of nitrogens with zero attached hydrogens (tertiary/aromatic N) is 1. The summed E-state index contributed by atoms with van der Waals surface area (Å²) >= 11 is 1.85. The Hall–Kier alpha value is -2.95. The van der Waals surface area contributed by atoms with Crippen LogP contribution in [0.2, 0.25) is 13.1 Å². The first-order valence-electron chi connectivity index (χ1n) is 15.0. The number of hydrogen-bond acceptors (Lipinski definition) is 1. The molecule has 0 spiro atoms. The number of para-hydroxylation sites is 1. The number of fused-ring (bicyclic) bond motifs is 7. The Balaban J connectivity index is 1.39. The first kappa shape index (κ1) is 17.5. The molecule has 2 aliphatic heterocycles. The van der Waals surface area contributed by atoms with Gasteiger partial charge in [0.15, 0.2) is 0 Å². The highest BCUT2D eigenvalue weighted by Crippen LogP contribution is 2.37. The van der Waals surface area contributed by atoms with E-state index < -0.39 is 8.07 Å². The van der Waals surface area contributed by atoms with Crippen molar-refractivity contribution >= 4 is 64.2 Å². The summed E-state index contributed by atoms with van der Waals surface area (Å²) in [5.41, 5.74) is 8.11. The second kappa shape index (κ2) is 7.53. The summed E-state index contributed by atoms with van der Waals surface area (Å²) in [5.74, 6) is 0. The van der Waals surface area contributed by atoms with Gasteiger partial charge >= 0.3 is 0 Å². The van der Waals surface area contributed by atoms with Gasteiger partial charge in [-0.05, 0) is 55.5 Å². The first-order chi connectivity index (χ1) is 19.3. The average Bonchev–Trinajstić information content (AvgIpc) is 3.32. The molecule has 1 aromatic heterocycles. The van der Waals surface area contributed by atoms with Crippen LogP contribution in [0.4, 0.5) is 0 Å². The van der Waals surface area contributed by atoms with Crippen molar-refractivity contribution < 1.29 is 5.48 Å². The van der Waals surface area contributed by atoms with Crippen LogP contribution in [0.15, 0.2) is 94.6 Å². The number of benzene rings is 4. The molecule has 1 aliphatic carbocycles. The monoisotopic (exact) mass is 501 g/mol. The van der Waals surface area contributed by atoms with Crippen molar-refractivity contribution in [2.75, 3.05) is 0 Å². The molecule has 0 unspecified atom stereocenters. The topological polar surface area (TPSA) is 4.93 Å².